The van der Waals surface area contributed by atoms with Crippen molar-refractivity contribution in [2.24, 2.45) is 0 Å². The number of aliphatic hydroxyl groups is 1. The van der Waals surface area contributed by atoms with Crippen LogP contribution < -0.4 is 5.09 Å². The lowest BCUT2D eigenvalue weighted by Crippen LogP contribution is -2.07. The van der Waals surface area contributed by atoms with Crippen LogP contribution >= 0.6 is 28.5 Å². The van der Waals surface area contributed by atoms with Gasteiger partial charge in [0.05, 0.1) is 0 Å². The molecule has 2 N–H and O–H groups in total. The third kappa shape index (κ3) is 8.73. The lowest BCUT2D eigenvalue weighted by molar-refractivity contribution is 0.289. The molecule has 9 heavy (non-hydrogen) atoms. The van der Waals surface area contributed by atoms with Gasteiger partial charge < -0.3 is 5.11 Å². The van der Waals surface area contributed by atoms with Crippen LogP contribution in [0.25, 0.3) is 0 Å². The Balaban J connectivity index is 3.18. The van der Waals surface area contributed by atoms with Crippen molar-refractivity contribution in [2.45, 2.75) is 6.42 Å². The van der Waals surface area contributed by atoms with E-state index in [1.807, 2.05) is 0 Å². The van der Waals surface area contributed by atoms with Crippen molar-refractivity contribution >= 4 is 28.5 Å². The van der Waals surface area contributed by atoms with E-state index in [-0.39, 0.29) is 6.61 Å². The van der Waals surface area contributed by atoms with Crippen molar-refractivity contribution in [1.82, 2.24) is 5.09 Å². The average Bonchev–Trinajstić information content (AvgIpc) is 1.63. The zero-order chi connectivity index (χ0) is 7.33. The lowest BCUT2D eigenvalue weighted by atomic mass is 10.5. The van der Waals surface area contributed by atoms with Gasteiger partial charge in [-0.25, -0.2) is 5.09 Å². The van der Waals surface area contributed by atoms with Crippen molar-refractivity contribution in [2.75, 3.05) is 13.2 Å². The maximum Gasteiger partial charge on any atom is 0.319 e. The molecule has 0 saturated carbocycles. The zero-order valence-corrected chi connectivity index (χ0v) is 7.09. The average molecular weight is 192 g/mol. The predicted molar refractivity (Wildman–Crippen MR) is 39.0 cm³/mol. The van der Waals surface area contributed by atoms with Crippen LogP contribution in [0, 0.1) is 0 Å². The Morgan fingerprint density at radius 1 is 1.56 bits per heavy atom. The van der Waals surface area contributed by atoms with Crippen LogP contribution in [0.5, 0.6) is 0 Å². The van der Waals surface area contributed by atoms with E-state index >= 15 is 0 Å². The van der Waals surface area contributed by atoms with Gasteiger partial charge in [-0.1, -0.05) is 0 Å². The summed E-state index contributed by atoms with van der Waals surface area (Å²) in [6.45, 7) is 0.418. The van der Waals surface area contributed by atoms with Crippen molar-refractivity contribution in [3.63, 3.8) is 0 Å². The SMILES string of the molecule is O=P(Cl)(Cl)NCCCO. The standard InChI is InChI=1S/C3H8Cl2NO2P/c4-9(5,8)6-2-1-3-7/h7H,1-3H2,(H,6,8). The van der Waals surface area contributed by atoms with Crippen LogP contribution in [0.4, 0.5) is 0 Å². The normalized spacial score (nSPS) is 11.9. The van der Waals surface area contributed by atoms with E-state index < -0.39 is 6.00 Å². The summed E-state index contributed by atoms with van der Waals surface area (Å²) in [6, 6.07) is 0. The molecule has 0 aromatic carbocycles. The molecular weight excluding hydrogens is 184 g/mol. The minimum absolute atomic E-state index is 0.0424. The summed E-state index contributed by atoms with van der Waals surface area (Å²) in [7, 11) is 0. The summed E-state index contributed by atoms with van der Waals surface area (Å²) < 4.78 is 10.4. The van der Waals surface area contributed by atoms with E-state index in [2.05, 4.69) is 5.09 Å². The number of hydrogen-bond acceptors (Lipinski definition) is 2. The van der Waals surface area contributed by atoms with Crippen molar-refractivity contribution in [1.29, 1.82) is 0 Å². The van der Waals surface area contributed by atoms with Gasteiger partial charge in [-0.05, 0) is 28.9 Å². The van der Waals surface area contributed by atoms with Gasteiger partial charge in [-0.15, -0.1) is 0 Å². The van der Waals surface area contributed by atoms with Gasteiger partial charge in [0, 0.05) is 13.2 Å². The van der Waals surface area contributed by atoms with Gasteiger partial charge in [-0.2, -0.15) is 0 Å². The number of aliphatic hydroxyl groups excluding tert-OH is 1. The summed E-state index contributed by atoms with van der Waals surface area (Å²) in [6.07, 6.45) is 0.503. The lowest BCUT2D eigenvalue weighted by Gasteiger charge is -2.01. The van der Waals surface area contributed by atoms with Crippen LogP contribution in [-0.4, -0.2) is 18.3 Å². The molecule has 0 bridgehead atoms. The first-order chi connectivity index (χ1) is 4.06. The number of halogens is 2. The molecular formula is C3H8Cl2NO2P. The molecule has 0 aliphatic rings. The second kappa shape index (κ2) is 4.53. The number of nitrogens with one attached hydrogen (secondary N) is 1. The highest BCUT2D eigenvalue weighted by molar-refractivity contribution is 8.07. The molecule has 0 radical (unpaired) electrons. The van der Waals surface area contributed by atoms with Gasteiger partial charge in [-0.3, -0.25) is 4.57 Å². The molecule has 0 amide bonds. The highest BCUT2D eigenvalue weighted by atomic mass is 35.9. The monoisotopic (exact) mass is 191 g/mol. The summed E-state index contributed by atoms with van der Waals surface area (Å²) in [5.41, 5.74) is 0. The first kappa shape index (κ1) is 9.73. The van der Waals surface area contributed by atoms with Crippen LogP contribution in [-0.2, 0) is 4.57 Å². The van der Waals surface area contributed by atoms with E-state index in [1.165, 1.54) is 0 Å². The van der Waals surface area contributed by atoms with Crippen molar-refractivity contribution < 1.29 is 9.67 Å². The molecule has 0 rings (SSSR count). The molecule has 0 saturated heterocycles. The van der Waals surface area contributed by atoms with Crippen LogP contribution in [0.1, 0.15) is 6.42 Å². The van der Waals surface area contributed by atoms with Gasteiger partial charge >= 0.3 is 6.00 Å². The Hall–Kier alpha value is 0.730. The molecule has 0 aliphatic heterocycles. The maximum atomic E-state index is 10.4. The third-order valence-corrected chi connectivity index (χ3v) is 1.94. The summed E-state index contributed by atoms with van der Waals surface area (Å²) in [4.78, 5) is 0. The first-order valence-corrected chi connectivity index (χ1v) is 5.93. The fraction of sp³-hybridized carbons (Fsp3) is 1.00. The molecule has 0 aliphatic carbocycles. The highest BCUT2D eigenvalue weighted by Crippen LogP contribution is 2.51. The van der Waals surface area contributed by atoms with Crippen LogP contribution in [0.2, 0.25) is 0 Å². The molecule has 6 heteroatoms. The minimum atomic E-state index is -3.11. The van der Waals surface area contributed by atoms with E-state index in [4.69, 9.17) is 27.6 Å². The molecule has 0 aromatic rings. The smallest absolute Gasteiger partial charge is 0.319 e. The Labute approximate surface area is 63.4 Å². The van der Waals surface area contributed by atoms with Gasteiger partial charge in [0.2, 0.25) is 0 Å². The first-order valence-electron chi connectivity index (χ1n) is 2.41. The summed E-state index contributed by atoms with van der Waals surface area (Å²) in [5, 5.41) is 10.6. The third-order valence-electron chi connectivity index (χ3n) is 0.631. The second-order valence-electron chi connectivity index (χ2n) is 1.45. The fourth-order valence-electron chi connectivity index (χ4n) is 0.288. The van der Waals surface area contributed by atoms with Gasteiger partial charge in [0.25, 0.3) is 0 Å². The number of rotatable bonds is 4. The molecule has 0 spiro atoms. The predicted octanol–water partition coefficient (Wildman–Crippen LogP) is 1.54. The van der Waals surface area contributed by atoms with E-state index in [0.717, 1.165) is 0 Å². The quantitative estimate of drug-likeness (QED) is 0.524. The minimum Gasteiger partial charge on any atom is -0.396 e. The molecule has 0 aromatic heterocycles. The van der Waals surface area contributed by atoms with Crippen molar-refractivity contribution in [3.05, 3.63) is 0 Å². The topological polar surface area (TPSA) is 49.3 Å². The van der Waals surface area contributed by atoms with Gasteiger partial charge in [0.1, 0.15) is 0 Å². The molecule has 56 valence electrons. The Morgan fingerprint density at radius 2 is 2.11 bits per heavy atom. The largest absolute Gasteiger partial charge is 0.396 e. The van der Waals surface area contributed by atoms with Crippen LogP contribution in [0.3, 0.4) is 0 Å². The molecule has 3 nitrogen and oxygen atoms in total. The molecule has 0 fully saturated rings. The fourth-order valence-corrected chi connectivity index (χ4v) is 1.21. The maximum absolute atomic E-state index is 10.4. The number of hydrogen-bond donors (Lipinski definition) is 2. The van der Waals surface area contributed by atoms with Gasteiger partial charge in [0.15, 0.2) is 0 Å². The summed E-state index contributed by atoms with van der Waals surface area (Å²) in [5.74, 6) is -3.11. The Kier molecular flexibility index (Phi) is 4.90. The second-order valence-corrected chi connectivity index (χ2v) is 6.06. The van der Waals surface area contributed by atoms with E-state index in [9.17, 15) is 4.57 Å². The van der Waals surface area contributed by atoms with Crippen molar-refractivity contribution in [3.8, 4) is 0 Å². The van der Waals surface area contributed by atoms with E-state index in [1.54, 1.807) is 0 Å². The molecule has 0 unspecified atom stereocenters. The Morgan fingerprint density at radius 3 is 2.44 bits per heavy atom. The summed E-state index contributed by atoms with van der Waals surface area (Å²) >= 11 is 10.2. The zero-order valence-electron chi connectivity index (χ0n) is 4.68. The Bertz CT molecular complexity index is 114. The van der Waals surface area contributed by atoms with E-state index in [0.29, 0.717) is 13.0 Å². The molecule has 0 atom stereocenters. The van der Waals surface area contributed by atoms with Crippen LogP contribution in [0.15, 0.2) is 0 Å². The highest BCUT2D eigenvalue weighted by Gasteiger charge is 2.09. The molecule has 0 heterocycles.